The Hall–Kier alpha value is -0.650. The average Bonchev–Trinajstić information content (AvgIpc) is 2.39. The molecule has 18 heavy (non-hydrogen) atoms. The number of hydrogen-bond acceptors (Lipinski definition) is 4. The van der Waals surface area contributed by atoms with Gasteiger partial charge in [0, 0.05) is 46.4 Å². The van der Waals surface area contributed by atoms with E-state index < -0.39 is 5.54 Å². The largest absolute Gasteiger partial charge is 0.380 e. The zero-order valence-electron chi connectivity index (χ0n) is 12.2. The van der Waals surface area contributed by atoms with Crippen LogP contribution in [0.25, 0.3) is 0 Å². The van der Waals surface area contributed by atoms with Gasteiger partial charge in [-0.05, 0) is 20.8 Å². The van der Waals surface area contributed by atoms with E-state index >= 15 is 0 Å². The van der Waals surface area contributed by atoms with Crippen LogP contribution in [-0.2, 0) is 9.53 Å². The van der Waals surface area contributed by atoms with Crippen LogP contribution in [0.4, 0.5) is 0 Å². The lowest BCUT2D eigenvalue weighted by atomic mass is 10.00. The summed E-state index contributed by atoms with van der Waals surface area (Å²) in [6, 6.07) is 0. The summed E-state index contributed by atoms with van der Waals surface area (Å²) >= 11 is 0. The van der Waals surface area contributed by atoms with E-state index in [4.69, 9.17) is 4.74 Å². The maximum absolute atomic E-state index is 12.5. The number of likely N-dealkylation sites (N-methyl/N-ethyl adjacent to an activating group) is 1. The Morgan fingerprint density at radius 3 is 2.56 bits per heavy atom. The molecule has 106 valence electrons. The predicted octanol–water partition coefficient (Wildman–Crippen LogP) is 0.165. The second kappa shape index (κ2) is 7.07. The van der Waals surface area contributed by atoms with Gasteiger partial charge in [-0.1, -0.05) is 0 Å². The first-order valence-electron chi connectivity index (χ1n) is 6.79. The molecule has 1 fully saturated rings. The highest BCUT2D eigenvalue weighted by Crippen LogP contribution is 2.17. The topological polar surface area (TPSA) is 44.8 Å². The molecule has 0 spiro atoms. The van der Waals surface area contributed by atoms with Crippen molar-refractivity contribution in [2.45, 2.75) is 26.3 Å². The molecule has 0 unspecified atom stereocenters. The van der Waals surface area contributed by atoms with Crippen LogP contribution in [-0.4, -0.2) is 74.2 Å². The van der Waals surface area contributed by atoms with Crippen molar-refractivity contribution >= 4 is 5.91 Å². The summed E-state index contributed by atoms with van der Waals surface area (Å²) in [5, 5.41) is 3.31. The fourth-order valence-corrected chi connectivity index (χ4v) is 2.27. The maximum atomic E-state index is 12.5. The van der Waals surface area contributed by atoms with Crippen molar-refractivity contribution in [3.05, 3.63) is 0 Å². The third kappa shape index (κ3) is 3.93. The molecule has 1 saturated heterocycles. The Morgan fingerprint density at radius 2 is 2.00 bits per heavy atom. The fourth-order valence-electron chi connectivity index (χ4n) is 2.27. The van der Waals surface area contributed by atoms with Crippen LogP contribution in [0.5, 0.6) is 0 Å². The Kier molecular flexibility index (Phi) is 6.05. The van der Waals surface area contributed by atoms with Crippen molar-refractivity contribution in [3.63, 3.8) is 0 Å². The van der Waals surface area contributed by atoms with Crippen molar-refractivity contribution in [1.29, 1.82) is 0 Å². The molecule has 0 bridgehead atoms. The number of carbonyl (C=O) groups is 1. The standard InChI is InChI=1S/C13H27N3O2/c1-5-18-11-10-15(4)12(17)13(2,3)16-8-6-14-7-9-16/h14H,5-11H2,1-4H3. The molecule has 5 heteroatoms. The third-order valence-electron chi connectivity index (χ3n) is 3.55. The van der Waals surface area contributed by atoms with Crippen molar-refractivity contribution in [3.8, 4) is 0 Å². The second-order valence-electron chi connectivity index (χ2n) is 5.22. The highest BCUT2D eigenvalue weighted by Gasteiger charge is 2.36. The first kappa shape index (κ1) is 15.4. The van der Waals surface area contributed by atoms with Crippen LogP contribution < -0.4 is 5.32 Å². The van der Waals surface area contributed by atoms with E-state index in [1.54, 1.807) is 4.90 Å². The van der Waals surface area contributed by atoms with Gasteiger partial charge in [0.15, 0.2) is 0 Å². The van der Waals surface area contributed by atoms with Crippen LogP contribution in [0.3, 0.4) is 0 Å². The molecule has 0 aromatic heterocycles. The van der Waals surface area contributed by atoms with Gasteiger partial charge >= 0.3 is 0 Å². The first-order chi connectivity index (χ1) is 8.50. The molecule has 1 aliphatic rings. The molecule has 0 atom stereocenters. The molecule has 1 amide bonds. The SMILES string of the molecule is CCOCCN(C)C(=O)C(C)(C)N1CCNCC1. The van der Waals surface area contributed by atoms with Crippen LogP contribution in [0, 0.1) is 0 Å². The molecule has 1 N–H and O–H groups in total. The summed E-state index contributed by atoms with van der Waals surface area (Å²) in [5.74, 6) is 0.170. The number of nitrogens with one attached hydrogen (secondary N) is 1. The number of piperazine rings is 1. The molecular formula is C13H27N3O2. The maximum Gasteiger partial charge on any atom is 0.242 e. The summed E-state index contributed by atoms with van der Waals surface area (Å²) in [7, 11) is 1.85. The number of ether oxygens (including phenoxy) is 1. The van der Waals surface area contributed by atoms with Crippen molar-refractivity contribution in [2.75, 3.05) is 53.0 Å². The lowest BCUT2D eigenvalue weighted by Gasteiger charge is -2.41. The molecular weight excluding hydrogens is 230 g/mol. The van der Waals surface area contributed by atoms with E-state index in [1.165, 1.54) is 0 Å². The van der Waals surface area contributed by atoms with Gasteiger partial charge in [-0.2, -0.15) is 0 Å². The highest BCUT2D eigenvalue weighted by atomic mass is 16.5. The molecule has 1 aliphatic heterocycles. The number of amides is 1. The summed E-state index contributed by atoms with van der Waals surface area (Å²) in [6.07, 6.45) is 0. The van der Waals surface area contributed by atoms with E-state index in [0.717, 1.165) is 26.2 Å². The minimum atomic E-state index is -0.428. The molecule has 1 heterocycles. The van der Waals surface area contributed by atoms with Crippen molar-refractivity contribution < 1.29 is 9.53 Å². The number of carbonyl (C=O) groups excluding carboxylic acids is 1. The zero-order chi connectivity index (χ0) is 13.6. The Balaban J connectivity index is 2.51. The average molecular weight is 257 g/mol. The van der Waals surface area contributed by atoms with Crippen LogP contribution in [0.1, 0.15) is 20.8 Å². The van der Waals surface area contributed by atoms with E-state index in [1.807, 2.05) is 27.8 Å². The fraction of sp³-hybridized carbons (Fsp3) is 0.923. The van der Waals surface area contributed by atoms with E-state index in [2.05, 4.69) is 10.2 Å². The summed E-state index contributed by atoms with van der Waals surface area (Å²) in [5.41, 5.74) is -0.428. The first-order valence-corrected chi connectivity index (χ1v) is 6.79. The van der Waals surface area contributed by atoms with Gasteiger partial charge in [-0.25, -0.2) is 0 Å². The zero-order valence-corrected chi connectivity index (χ0v) is 12.2. The van der Waals surface area contributed by atoms with Crippen LogP contribution >= 0.6 is 0 Å². The predicted molar refractivity (Wildman–Crippen MR) is 72.7 cm³/mol. The Bertz CT molecular complexity index is 263. The second-order valence-corrected chi connectivity index (χ2v) is 5.22. The molecule has 0 aromatic carbocycles. The quantitative estimate of drug-likeness (QED) is 0.689. The van der Waals surface area contributed by atoms with Gasteiger partial charge in [0.1, 0.15) is 0 Å². The Labute approximate surface area is 110 Å². The highest BCUT2D eigenvalue weighted by molar-refractivity contribution is 5.85. The van der Waals surface area contributed by atoms with Crippen molar-refractivity contribution in [1.82, 2.24) is 15.1 Å². The van der Waals surface area contributed by atoms with Gasteiger partial charge in [0.2, 0.25) is 5.91 Å². The monoisotopic (exact) mass is 257 g/mol. The van der Waals surface area contributed by atoms with Gasteiger partial charge in [0.25, 0.3) is 0 Å². The molecule has 0 aromatic rings. The molecule has 1 rings (SSSR count). The van der Waals surface area contributed by atoms with Gasteiger partial charge in [0.05, 0.1) is 12.1 Å². The van der Waals surface area contributed by atoms with Gasteiger partial charge in [-0.15, -0.1) is 0 Å². The van der Waals surface area contributed by atoms with Crippen LogP contribution in [0.15, 0.2) is 0 Å². The summed E-state index contributed by atoms with van der Waals surface area (Å²) in [6.45, 7) is 11.7. The third-order valence-corrected chi connectivity index (χ3v) is 3.55. The van der Waals surface area contributed by atoms with E-state index in [-0.39, 0.29) is 5.91 Å². The molecule has 0 aliphatic carbocycles. The van der Waals surface area contributed by atoms with Crippen molar-refractivity contribution in [2.24, 2.45) is 0 Å². The summed E-state index contributed by atoms with van der Waals surface area (Å²) < 4.78 is 5.29. The van der Waals surface area contributed by atoms with Crippen LogP contribution in [0.2, 0.25) is 0 Å². The number of hydrogen-bond donors (Lipinski definition) is 1. The lowest BCUT2D eigenvalue weighted by molar-refractivity contribution is -0.142. The minimum absolute atomic E-state index is 0.170. The molecule has 0 saturated carbocycles. The minimum Gasteiger partial charge on any atom is -0.380 e. The van der Waals surface area contributed by atoms with E-state index in [0.29, 0.717) is 19.8 Å². The van der Waals surface area contributed by atoms with Gasteiger partial charge < -0.3 is 15.0 Å². The number of rotatable bonds is 6. The lowest BCUT2D eigenvalue weighted by Crippen LogP contribution is -2.60. The molecule has 5 nitrogen and oxygen atoms in total. The molecule has 0 radical (unpaired) electrons. The number of nitrogens with zero attached hydrogens (tertiary/aromatic N) is 2. The Morgan fingerprint density at radius 1 is 1.39 bits per heavy atom. The summed E-state index contributed by atoms with van der Waals surface area (Å²) in [4.78, 5) is 16.5. The smallest absolute Gasteiger partial charge is 0.242 e. The van der Waals surface area contributed by atoms with E-state index in [9.17, 15) is 4.79 Å². The normalized spacial score (nSPS) is 17.8. The van der Waals surface area contributed by atoms with Gasteiger partial charge in [-0.3, -0.25) is 9.69 Å².